The van der Waals surface area contributed by atoms with E-state index in [1.807, 2.05) is 12.1 Å². The van der Waals surface area contributed by atoms with Gasteiger partial charge in [0.1, 0.15) is 5.75 Å². The number of methoxy groups -OCH3 is 1. The van der Waals surface area contributed by atoms with Crippen LogP contribution in [-0.4, -0.2) is 22.2 Å². The topological polar surface area (TPSA) is 55.2 Å². The van der Waals surface area contributed by atoms with Gasteiger partial charge >= 0.3 is 0 Å². The van der Waals surface area contributed by atoms with Crippen molar-refractivity contribution in [2.24, 2.45) is 0 Å². The maximum absolute atomic E-state index is 9.20. The maximum atomic E-state index is 9.20. The predicted octanol–water partition coefficient (Wildman–Crippen LogP) is 1.13. The summed E-state index contributed by atoms with van der Waals surface area (Å²) in [6.45, 7) is -0.0980. The molecular formula is C10H10N2O2. The Hall–Kier alpha value is -1.68. The summed E-state index contributed by atoms with van der Waals surface area (Å²) in [7, 11) is 1.55. The first-order chi connectivity index (χ1) is 6.86. The van der Waals surface area contributed by atoms with Crippen molar-refractivity contribution < 1.29 is 9.84 Å². The minimum atomic E-state index is -0.0980. The SMILES string of the molecule is COc1cnc2cccnc2c1CO. The molecule has 0 spiro atoms. The van der Waals surface area contributed by atoms with Gasteiger partial charge in [-0.25, -0.2) is 0 Å². The van der Waals surface area contributed by atoms with Crippen LogP contribution in [0.4, 0.5) is 0 Å². The molecule has 0 saturated heterocycles. The number of rotatable bonds is 2. The third kappa shape index (κ3) is 1.29. The lowest BCUT2D eigenvalue weighted by Gasteiger charge is -2.07. The van der Waals surface area contributed by atoms with Crippen molar-refractivity contribution in [3.05, 3.63) is 30.1 Å². The lowest BCUT2D eigenvalue weighted by atomic mass is 10.2. The van der Waals surface area contributed by atoms with E-state index in [0.717, 1.165) is 5.52 Å². The van der Waals surface area contributed by atoms with Gasteiger partial charge in [0.2, 0.25) is 0 Å². The highest BCUT2D eigenvalue weighted by atomic mass is 16.5. The Morgan fingerprint density at radius 3 is 3.00 bits per heavy atom. The monoisotopic (exact) mass is 190 g/mol. The van der Waals surface area contributed by atoms with Crippen molar-refractivity contribution >= 4 is 11.0 Å². The minimum Gasteiger partial charge on any atom is -0.495 e. The van der Waals surface area contributed by atoms with E-state index in [-0.39, 0.29) is 6.61 Å². The summed E-state index contributed by atoms with van der Waals surface area (Å²) in [5.41, 5.74) is 2.13. The average molecular weight is 190 g/mol. The molecule has 0 aliphatic carbocycles. The molecule has 72 valence electrons. The molecule has 0 atom stereocenters. The summed E-state index contributed by atoms with van der Waals surface area (Å²) in [5.74, 6) is 0.568. The smallest absolute Gasteiger partial charge is 0.144 e. The molecule has 2 aromatic heterocycles. The van der Waals surface area contributed by atoms with Gasteiger partial charge in [0.05, 0.1) is 30.9 Å². The van der Waals surface area contributed by atoms with E-state index in [9.17, 15) is 5.11 Å². The summed E-state index contributed by atoms with van der Waals surface area (Å²) >= 11 is 0. The Morgan fingerprint density at radius 1 is 1.43 bits per heavy atom. The number of aliphatic hydroxyl groups is 1. The van der Waals surface area contributed by atoms with Crippen molar-refractivity contribution in [1.82, 2.24) is 9.97 Å². The van der Waals surface area contributed by atoms with Crippen molar-refractivity contribution in [1.29, 1.82) is 0 Å². The van der Waals surface area contributed by atoms with Crippen molar-refractivity contribution in [3.8, 4) is 5.75 Å². The molecule has 2 heterocycles. The van der Waals surface area contributed by atoms with Crippen LogP contribution >= 0.6 is 0 Å². The molecule has 0 aromatic carbocycles. The van der Waals surface area contributed by atoms with Gasteiger partial charge in [-0.2, -0.15) is 0 Å². The first-order valence-corrected chi connectivity index (χ1v) is 4.24. The molecule has 0 fully saturated rings. The number of hydrogen-bond acceptors (Lipinski definition) is 4. The molecule has 4 nitrogen and oxygen atoms in total. The van der Waals surface area contributed by atoms with Gasteiger partial charge in [-0.1, -0.05) is 0 Å². The van der Waals surface area contributed by atoms with E-state index in [1.165, 1.54) is 0 Å². The fourth-order valence-electron chi connectivity index (χ4n) is 1.38. The molecule has 2 aromatic rings. The molecule has 14 heavy (non-hydrogen) atoms. The molecule has 0 unspecified atom stereocenters. The van der Waals surface area contributed by atoms with Gasteiger partial charge in [-0.3, -0.25) is 9.97 Å². The highest BCUT2D eigenvalue weighted by molar-refractivity contribution is 5.79. The summed E-state index contributed by atoms with van der Waals surface area (Å²) in [4.78, 5) is 8.32. The summed E-state index contributed by atoms with van der Waals surface area (Å²) in [6, 6.07) is 3.66. The standard InChI is InChI=1S/C10H10N2O2/c1-14-9-5-12-8-3-2-4-11-10(8)7(9)6-13/h2-5,13H,6H2,1H3. The molecule has 0 saturated carbocycles. The van der Waals surface area contributed by atoms with Gasteiger partial charge in [0.25, 0.3) is 0 Å². The zero-order chi connectivity index (χ0) is 9.97. The summed E-state index contributed by atoms with van der Waals surface area (Å²) < 4.78 is 5.08. The Labute approximate surface area is 81.2 Å². The van der Waals surface area contributed by atoms with Crippen LogP contribution in [0.1, 0.15) is 5.56 Å². The van der Waals surface area contributed by atoms with Crippen LogP contribution in [0.25, 0.3) is 11.0 Å². The molecular weight excluding hydrogens is 180 g/mol. The van der Waals surface area contributed by atoms with E-state index < -0.39 is 0 Å². The summed E-state index contributed by atoms with van der Waals surface area (Å²) in [5, 5.41) is 9.20. The second-order valence-electron chi connectivity index (χ2n) is 2.83. The quantitative estimate of drug-likeness (QED) is 0.771. The van der Waals surface area contributed by atoms with Gasteiger partial charge in [0.15, 0.2) is 0 Å². The maximum Gasteiger partial charge on any atom is 0.144 e. The van der Waals surface area contributed by atoms with Crippen molar-refractivity contribution in [2.75, 3.05) is 7.11 Å². The van der Waals surface area contributed by atoms with Crippen LogP contribution < -0.4 is 4.74 Å². The van der Waals surface area contributed by atoms with Crippen LogP contribution in [0.3, 0.4) is 0 Å². The third-order valence-corrected chi connectivity index (χ3v) is 2.07. The molecule has 0 radical (unpaired) electrons. The number of nitrogens with zero attached hydrogens (tertiary/aromatic N) is 2. The second kappa shape index (κ2) is 3.59. The average Bonchev–Trinajstić information content (AvgIpc) is 2.27. The van der Waals surface area contributed by atoms with E-state index in [0.29, 0.717) is 16.8 Å². The number of aliphatic hydroxyl groups excluding tert-OH is 1. The fraction of sp³-hybridized carbons (Fsp3) is 0.200. The van der Waals surface area contributed by atoms with Crippen LogP contribution in [0.2, 0.25) is 0 Å². The zero-order valence-corrected chi connectivity index (χ0v) is 7.77. The van der Waals surface area contributed by atoms with Crippen LogP contribution in [0.5, 0.6) is 5.75 Å². The lowest BCUT2D eigenvalue weighted by Crippen LogP contribution is -1.96. The molecule has 0 amide bonds. The number of ether oxygens (including phenoxy) is 1. The zero-order valence-electron chi connectivity index (χ0n) is 7.77. The van der Waals surface area contributed by atoms with E-state index in [1.54, 1.807) is 19.5 Å². The van der Waals surface area contributed by atoms with Crippen LogP contribution in [0, 0.1) is 0 Å². The third-order valence-electron chi connectivity index (χ3n) is 2.07. The first kappa shape index (κ1) is 8.90. The van der Waals surface area contributed by atoms with Crippen molar-refractivity contribution in [3.63, 3.8) is 0 Å². The summed E-state index contributed by atoms with van der Waals surface area (Å²) in [6.07, 6.45) is 3.26. The molecule has 2 rings (SSSR count). The highest BCUT2D eigenvalue weighted by Crippen LogP contribution is 2.23. The Kier molecular flexibility index (Phi) is 2.28. The van der Waals surface area contributed by atoms with Crippen LogP contribution in [0.15, 0.2) is 24.5 Å². The molecule has 0 aliphatic heterocycles. The molecule has 0 bridgehead atoms. The molecule has 0 aliphatic rings. The largest absolute Gasteiger partial charge is 0.495 e. The van der Waals surface area contributed by atoms with Gasteiger partial charge in [-0.05, 0) is 12.1 Å². The number of pyridine rings is 2. The van der Waals surface area contributed by atoms with Gasteiger partial charge in [0, 0.05) is 11.8 Å². The Bertz CT molecular complexity index is 457. The van der Waals surface area contributed by atoms with Crippen molar-refractivity contribution in [2.45, 2.75) is 6.61 Å². The van der Waals surface area contributed by atoms with E-state index >= 15 is 0 Å². The normalized spacial score (nSPS) is 10.4. The first-order valence-electron chi connectivity index (χ1n) is 4.24. The highest BCUT2D eigenvalue weighted by Gasteiger charge is 2.08. The Balaban J connectivity index is 2.77. The number of fused-ring (bicyclic) bond motifs is 1. The number of hydrogen-bond donors (Lipinski definition) is 1. The number of aromatic nitrogens is 2. The lowest BCUT2D eigenvalue weighted by molar-refractivity contribution is 0.275. The van der Waals surface area contributed by atoms with E-state index in [4.69, 9.17) is 4.74 Å². The fourth-order valence-corrected chi connectivity index (χ4v) is 1.38. The molecule has 1 N–H and O–H groups in total. The molecule has 4 heteroatoms. The van der Waals surface area contributed by atoms with E-state index in [2.05, 4.69) is 9.97 Å². The Morgan fingerprint density at radius 2 is 2.29 bits per heavy atom. The van der Waals surface area contributed by atoms with Gasteiger partial charge in [-0.15, -0.1) is 0 Å². The van der Waals surface area contributed by atoms with Crippen LogP contribution in [-0.2, 0) is 6.61 Å². The predicted molar refractivity (Wildman–Crippen MR) is 52.0 cm³/mol. The minimum absolute atomic E-state index is 0.0980. The second-order valence-corrected chi connectivity index (χ2v) is 2.83. The van der Waals surface area contributed by atoms with Gasteiger partial charge < -0.3 is 9.84 Å².